The van der Waals surface area contributed by atoms with Gasteiger partial charge in [0.1, 0.15) is 12.2 Å². The molecule has 0 unspecified atom stereocenters. The van der Waals surface area contributed by atoms with E-state index in [2.05, 4.69) is 5.10 Å². The Labute approximate surface area is 193 Å². The van der Waals surface area contributed by atoms with E-state index >= 15 is 0 Å². The van der Waals surface area contributed by atoms with Gasteiger partial charge in [0.05, 0.1) is 16.1 Å². The number of hydrogen-bond acceptors (Lipinski definition) is 8. The summed E-state index contributed by atoms with van der Waals surface area (Å²) in [6.07, 6.45) is 2.43. The number of hydrogen-bond donors (Lipinski definition) is 0. The molecular weight excluding hydrogens is 458 g/mol. The molecule has 0 saturated heterocycles. The summed E-state index contributed by atoms with van der Waals surface area (Å²) in [6, 6.07) is 1.44. The van der Waals surface area contributed by atoms with E-state index in [0.717, 1.165) is 6.26 Å². The average Bonchev–Trinajstić information content (AvgIpc) is 3.10. The summed E-state index contributed by atoms with van der Waals surface area (Å²) in [5.74, 6) is -0.950. The van der Waals surface area contributed by atoms with Gasteiger partial charge in [-0.15, -0.1) is 0 Å². The zero-order chi connectivity index (χ0) is 24.2. The van der Waals surface area contributed by atoms with Crippen molar-refractivity contribution in [2.75, 3.05) is 40.1 Å². The van der Waals surface area contributed by atoms with Gasteiger partial charge in [-0.2, -0.15) is 5.10 Å². The van der Waals surface area contributed by atoms with E-state index in [-0.39, 0.29) is 33.5 Å². The number of carbonyl (C=O) groups is 2. The normalized spacial score (nSPS) is 11.6. The van der Waals surface area contributed by atoms with E-state index in [1.807, 2.05) is 25.9 Å². The number of ether oxygens (including phenoxy) is 2. The second-order valence-electron chi connectivity index (χ2n) is 7.60. The van der Waals surface area contributed by atoms with Crippen LogP contribution in [0.5, 0.6) is 5.88 Å². The molecule has 2 aromatic rings. The molecule has 0 atom stereocenters. The Morgan fingerprint density at radius 2 is 1.88 bits per heavy atom. The smallest absolute Gasteiger partial charge is 0.344 e. The van der Waals surface area contributed by atoms with Gasteiger partial charge < -0.3 is 14.4 Å². The molecule has 1 aromatic carbocycles. The molecule has 1 aromatic heterocycles. The van der Waals surface area contributed by atoms with E-state index < -0.39 is 28.2 Å². The number of nitrogens with zero attached hydrogens (tertiary/aromatic N) is 3. The van der Waals surface area contributed by atoms with Crippen molar-refractivity contribution in [2.24, 2.45) is 0 Å². The Morgan fingerprint density at radius 1 is 1.22 bits per heavy atom. The number of likely N-dealkylation sites (N-methyl/N-ethyl adjacent to an activating group) is 1. The third-order valence-electron chi connectivity index (χ3n) is 4.70. The van der Waals surface area contributed by atoms with Crippen molar-refractivity contribution in [2.45, 2.75) is 32.2 Å². The summed E-state index contributed by atoms with van der Waals surface area (Å²) in [7, 11) is 0.196. The van der Waals surface area contributed by atoms with Gasteiger partial charge in [-0.1, -0.05) is 11.6 Å². The highest BCUT2D eigenvalue weighted by atomic mass is 35.5. The van der Waals surface area contributed by atoms with Crippen molar-refractivity contribution in [3.05, 3.63) is 39.5 Å². The van der Waals surface area contributed by atoms with Crippen molar-refractivity contribution >= 4 is 33.2 Å². The number of carbonyl (C=O) groups excluding carboxylic acids is 2. The monoisotopic (exact) mass is 485 g/mol. The van der Waals surface area contributed by atoms with Crippen LogP contribution >= 0.6 is 11.6 Å². The first-order valence-corrected chi connectivity index (χ1v) is 12.2. The molecule has 1 heterocycles. The predicted molar refractivity (Wildman–Crippen MR) is 120 cm³/mol. The summed E-state index contributed by atoms with van der Waals surface area (Å²) in [4.78, 5) is 27.2. The maximum Gasteiger partial charge on any atom is 0.344 e. The minimum atomic E-state index is -3.52. The second-order valence-corrected chi connectivity index (χ2v) is 9.93. The summed E-state index contributed by atoms with van der Waals surface area (Å²) < 4.78 is 36.4. The van der Waals surface area contributed by atoms with E-state index in [1.165, 1.54) is 16.9 Å². The Hall–Kier alpha value is -2.43. The molecule has 0 aliphatic heterocycles. The summed E-state index contributed by atoms with van der Waals surface area (Å²) in [5.41, 5.74) is 0.948. The van der Waals surface area contributed by atoms with Crippen molar-refractivity contribution < 1.29 is 27.5 Å². The first-order valence-electron chi connectivity index (χ1n) is 9.91. The summed E-state index contributed by atoms with van der Waals surface area (Å²) in [6.45, 7) is 5.77. The summed E-state index contributed by atoms with van der Waals surface area (Å²) in [5, 5.41) is 4.19. The van der Waals surface area contributed by atoms with Crippen LogP contribution in [0, 0.1) is 13.8 Å². The van der Waals surface area contributed by atoms with Gasteiger partial charge in [-0.05, 0) is 52.1 Å². The molecule has 176 valence electrons. The molecule has 11 heteroatoms. The van der Waals surface area contributed by atoms with Crippen LogP contribution in [0.3, 0.4) is 0 Å². The Morgan fingerprint density at radius 3 is 2.44 bits per heavy atom. The number of aryl methyl sites for hydroxylation is 2. The van der Waals surface area contributed by atoms with Gasteiger partial charge >= 0.3 is 5.97 Å². The number of benzene rings is 1. The third-order valence-corrected chi connectivity index (χ3v) is 6.56. The molecule has 0 aliphatic carbocycles. The highest BCUT2D eigenvalue weighted by Gasteiger charge is 2.26. The quantitative estimate of drug-likeness (QED) is 0.372. The SMILES string of the molecule is CCn1ncc(C(=O)c2cc(C)c(S(C)(=O)=O)c(C)c2Cl)c1OCC(=O)OCCN(C)C. The molecule has 0 N–H and O–H groups in total. The molecule has 0 radical (unpaired) electrons. The second kappa shape index (κ2) is 10.5. The van der Waals surface area contributed by atoms with Crippen molar-refractivity contribution in [1.29, 1.82) is 0 Å². The Bertz CT molecular complexity index is 1130. The number of aromatic nitrogens is 2. The zero-order valence-corrected chi connectivity index (χ0v) is 20.6. The van der Waals surface area contributed by atoms with E-state index in [0.29, 0.717) is 24.2 Å². The Kier molecular flexibility index (Phi) is 8.44. The van der Waals surface area contributed by atoms with Crippen molar-refractivity contribution in [3.63, 3.8) is 0 Å². The number of esters is 1. The summed E-state index contributed by atoms with van der Waals surface area (Å²) >= 11 is 6.39. The maximum absolute atomic E-state index is 13.3. The number of ketones is 1. The molecule has 0 amide bonds. The van der Waals surface area contributed by atoms with Crippen LogP contribution in [-0.4, -0.2) is 75.0 Å². The molecular formula is C21H28ClN3O6S. The minimum Gasteiger partial charge on any atom is -0.465 e. The zero-order valence-electron chi connectivity index (χ0n) is 19.1. The fourth-order valence-electron chi connectivity index (χ4n) is 3.24. The van der Waals surface area contributed by atoms with E-state index in [4.69, 9.17) is 21.1 Å². The molecule has 0 bridgehead atoms. The largest absolute Gasteiger partial charge is 0.465 e. The van der Waals surface area contributed by atoms with Crippen molar-refractivity contribution in [1.82, 2.24) is 14.7 Å². The predicted octanol–water partition coefficient (Wildman–Crippen LogP) is 2.29. The average molecular weight is 486 g/mol. The highest BCUT2D eigenvalue weighted by molar-refractivity contribution is 7.90. The number of halogens is 1. The first-order chi connectivity index (χ1) is 14.9. The lowest BCUT2D eigenvalue weighted by Gasteiger charge is -2.14. The van der Waals surface area contributed by atoms with Gasteiger partial charge in [0, 0.05) is 24.9 Å². The van der Waals surface area contributed by atoms with E-state index in [9.17, 15) is 18.0 Å². The topological polar surface area (TPSA) is 108 Å². The van der Waals surface area contributed by atoms with Crippen LogP contribution in [0.2, 0.25) is 5.02 Å². The van der Waals surface area contributed by atoms with E-state index in [1.54, 1.807) is 13.8 Å². The molecule has 32 heavy (non-hydrogen) atoms. The standard InChI is InChI=1S/C21H28ClN3O6S/c1-7-25-21(31-12-17(26)30-9-8-24(4)5)16(11-23-25)19(27)15-10-13(2)20(32(6,28)29)14(3)18(15)22/h10-11H,7-9,12H2,1-6H3. The highest BCUT2D eigenvalue weighted by Crippen LogP contribution is 2.33. The molecule has 0 aliphatic rings. The van der Waals surface area contributed by atoms with Crippen LogP contribution in [0.1, 0.15) is 34.0 Å². The fourth-order valence-corrected chi connectivity index (χ4v) is 4.84. The molecule has 2 rings (SSSR count). The number of rotatable bonds is 10. The van der Waals surface area contributed by atoms with Gasteiger partial charge in [0.25, 0.3) is 0 Å². The van der Waals surface area contributed by atoms with Crippen molar-refractivity contribution in [3.8, 4) is 5.88 Å². The van der Waals surface area contributed by atoms with Crippen LogP contribution in [0.15, 0.2) is 17.2 Å². The molecule has 9 nitrogen and oxygen atoms in total. The molecule has 0 spiro atoms. The van der Waals surface area contributed by atoms with Crippen LogP contribution in [0.25, 0.3) is 0 Å². The van der Waals surface area contributed by atoms with Gasteiger partial charge in [-0.25, -0.2) is 17.9 Å². The molecule has 0 fully saturated rings. The lowest BCUT2D eigenvalue weighted by Crippen LogP contribution is -2.23. The first kappa shape index (κ1) is 25.8. The van der Waals surface area contributed by atoms with Gasteiger partial charge in [0.2, 0.25) is 11.7 Å². The Balaban J connectivity index is 2.34. The van der Waals surface area contributed by atoms with Crippen LogP contribution < -0.4 is 4.74 Å². The van der Waals surface area contributed by atoms with Crippen LogP contribution in [0.4, 0.5) is 0 Å². The minimum absolute atomic E-state index is 0.0410. The lowest BCUT2D eigenvalue weighted by molar-refractivity contribution is -0.146. The van der Waals surface area contributed by atoms with Crippen LogP contribution in [-0.2, 0) is 25.9 Å². The third kappa shape index (κ3) is 5.87. The maximum atomic E-state index is 13.3. The lowest BCUT2D eigenvalue weighted by atomic mass is 10.0. The van der Waals surface area contributed by atoms with Gasteiger partial charge in [-0.3, -0.25) is 4.79 Å². The molecule has 0 saturated carbocycles. The fraction of sp³-hybridized carbons (Fsp3) is 0.476. The number of sulfone groups is 1. The van der Waals surface area contributed by atoms with Gasteiger partial charge in [0.15, 0.2) is 16.4 Å².